The highest BCUT2D eigenvalue weighted by Crippen LogP contribution is 2.48. The fraction of sp³-hybridized carbons (Fsp3) is 0.380. The van der Waals surface area contributed by atoms with Gasteiger partial charge in [-0.3, -0.25) is 5.04 Å². The number of fused-ring (bicyclic) bond motifs is 4. The molecule has 4 aromatic rings. The molecule has 0 aromatic heterocycles. The van der Waals surface area contributed by atoms with Gasteiger partial charge in [-0.2, -0.15) is 8.91 Å². The van der Waals surface area contributed by atoms with Crippen LogP contribution in [0, 0.1) is 0 Å². The van der Waals surface area contributed by atoms with Gasteiger partial charge in [-0.1, -0.05) is 68.8 Å². The zero-order valence-corrected chi connectivity index (χ0v) is 37.7. The summed E-state index contributed by atoms with van der Waals surface area (Å²) in [4.78, 5) is 2.08. The number of aliphatic hydroxyl groups excluding tert-OH is 1. The highest BCUT2D eigenvalue weighted by molar-refractivity contribution is 7.94. The van der Waals surface area contributed by atoms with Gasteiger partial charge in [-0.05, 0) is 135 Å². The van der Waals surface area contributed by atoms with Crippen molar-refractivity contribution in [2.24, 2.45) is 0 Å². The average molecular weight is 878 g/mol. The molecule has 1 aliphatic carbocycles. The van der Waals surface area contributed by atoms with Gasteiger partial charge in [-0.15, -0.1) is 0 Å². The first-order valence-corrected chi connectivity index (χ1v) is 24.0. The summed E-state index contributed by atoms with van der Waals surface area (Å²) in [5.74, 6) is 1.79. The second-order valence-electron chi connectivity index (χ2n) is 17.3. The minimum atomic E-state index is -4.62. The van der Waals surface area contributed by atoms with Crippen molar-refractivity contribution >= 4 is 50.0 Å². The zero-order valence-electron chi connectivity index (χ0n) is 36.1. The molecule has 62 heavy (non-hydrogen) atoms. The smallest absolute Gasteiger partial charge is 0.210 e. The molecule has 12 heteroatoms. The summed E-state index contributed by atoms with van der Waals surface area (Å²) in [6, 6.07) is 27.3. The lowest BCUT2D eigenvalue weighted by Crippen LogP contribution is -2.28. The number of unbranched alkanes of at least 4 members (excludes halogenated alkanes) is 4. The maximum absolute atomic E-state index is 11.8. The van der Waals surface area contributed by atoms with Crippen LogP contribution in [0.3, 0.4) is 0 Å². The fourth-order valence-electron chi connectivity index (χ4n) is 9.38. The van der Waals surface area contributed by atoms with Crippen molar-refractivity contribution in [3.05, 3.63) is 143 Å². The third kappa shape index (κ3) is 9.82. The van der Waals surface area contributed by atoms with Crippen LogP contribution in [0.2, 0.25) is 0 Å². The molecule has 0 bridgehead atoms. The Hall–Kier alpha value is -4.53. The molecule has 0 saturated heterocycles. The molecule has 4 aromatic carbocycles. The maximum atomic E-state index is 11.8. The summed E-state index contributed by atoms with van der Waals surface area (Å²) in [5.41, 5.74) is 8.78. The van der Waals surface area contributed by atoms with Gasteiger partial charge in [-0.25, -0.2) is 8.42 Å². The van der Waals surface area contributed by atoms with Crippen LogP contribution in [0.25, 0.3) is 10.8 Å². The number of hydrogen-bond donors (Lipinski definition) is 1. The van der Waals surface area contributed by atoms with Crippen LogP contribution in [-0.2, 0) is 30.3 Å². The lowest BCUT2D eigenvalue weighted by Gasteiger charge is -2.27. The minimum Gasteiger partial charge on any atom is -0.744 e. The van der Waals surface area contributed by atoms with Crippen molar-refractivity contribution in [3.63, 3.8) is 0 Å². The molecule has 7 rings (SSSR count). The van der Waals surface area contributed by atoms with Gasteiger partial charge in [0.15, 0.2) is 5.71 Å². The Morgan fingerprint density at radius 1 is 0.839 bits per heavy atom. The Kier molecular flexibility index (Phi) is 14.6. The Balaban J connectivity index is 1.30. The van der Waals surface area contributed by atoms with Crippen molar-refractivity contribution in [1.82, 2.24) is 0 Å². The number of allylic oxidation sites excluding steroid dienone is 7. The summed E-state index contributed by atoms with van der Waals surface area (Å²) in [6.45, 7) is 11.0. The number of rotatable bonds is 19. The molecule has 2 heterocycles. The molecule has 0 unspecified atom stereocenters. The molecule has 328 valence electrons. The first kappa shape index (κ1) is 45.5. The van der Waals surface area contributed by atoms with E-state index >= 15 is 0 Å². The van der Waals surface area contributed by atoms with E-state index in [-0.39, 0.29) is 22.3 Å². The molecule has 0 amide bonds. The van der Waals surface area contributed by atoms with E-state index in [9.17, 15) is 23.3 Å². The summed E-state index contributed by atoms with van der Waals surface area (Å²) in [7, 11) is -4.62. The number of nitrogens with zero attached hydrogens (tertiary/aromatic N) is 2. The standard InChI is InChI=1S/C50H58N2O8S2/c1-49(2)42-20-9-10-21-43(42)51(33-12-14-35-61-60-59-54)45(49)30-23-37-17-15-18-38(48(37)58-39-25-27-40(28-26-39)62(55,56)57)24-31-46-50(3,4)47-41-19-8-7-16-36(41)22-29-44(47)52(46)32-11-5-6-13-34-53/h7-10,16,19-31,53H,5-6,11-15,17-18,32-35H2,1-4H3,(H-,54,55,56,57)/p-1. The third-order valence-electron chi connectivity index (χ3n) is 12.5. The van der Waals surface area contributed by atoms with E-state index < -0.39 is 10.1 Å². The predicted molar refractivity (Wildman–Crippen MR) is 244 cm³/mol. The Bertz CT molecular complexity index is 2520. The molecule has 0 spiro atoms. The van der Waals surface area contributed by atoms with Crippen molar-refractivity contribution < 1.29 is 42.0 Å². The van der Waals surface area contributed by atoms with Gasteiger partial charge in [0, 0.05) is 71.9 Å². The number of ether oxygens (including phenoxy) is 1. The van der Waals surface area contributed by atoms with E-state index in [4.69, 9.17) is 4.74 Å². The number of benzene rings is 4. The van der Waals surface area contributed by atoms with E-state index in [1.54, 1.807) is 12.1 Å². The van der Waals surface area contributed by atoms with Crippen molar-refractivity contribution in [2.75, 3.05) is 30.3 Å². The molecular formula is C50H57N2O8S2-. The number of para-hydroxylation sites is 1. The first-order valence-electron chi connectivity index (χ1n) is 21.7. The fourth-order valence-corrected chi connectivity index (χ4v) is 10.3. The topological polar surface area (TPSA) is 134 Å². The maximum Gasteiger partial charge on any atom is 0.210 e. The molecule has 2 aliphatic heterocycles. The lowest BCUT2D eigenvalue weighted by molar-refractivity contribution is -0.777. The monoisotopic (exact) mass is 877 g/mol. The molecular weight excluding hydrogens is 821 g/mol. The molecule has 0 fully saturated rings. The highest BCUT2D eigenvalue weighted by atomic mass is 32.2. The van der Waals surface area contributed by atoms with Crippen LogP contribution in [0.1, 0.15) is 96.6 Å². The molecule has 0 saturated carbocycles. The van der Waals surface area contributed by atoms with Gasteiger partial charge < -0.3 is 24.6 Å². The normalized spacial score (nSPS) is 18.5. The second kappa shape index (κ2) is 19.9. The molecule has 1 N–H and O–H groups in total. The minimum absolute atomic E-state index is 0.210. The van der Waals surface area contributed by atoms with E-state index in [1.165, 1.54) is 51.1 Å². The predicted octanol–water partition coefficient (Wildman–Crippen LogP) is 10.0. The van der Waals surface area contributed by atoms with Crippen molar-refractivity contribution in [1.29, 1.82) is 0 Å². The van der Waals surface area contributed by atoms with Crippen LogP contribution in [0.4, 0.5) is 11.4 Å². The molecule has 3 aliphatic rings. The Morgan fingerprint density at radius 2 is 1.60 bits per heavy atom. The van der Waals surface area contributed by atoms with Crippen LogP contribution >= 0.6 is 12.0 Å². The summed E-state index contributed by atoms with van der Waals surface area (Å²) >= 11 is 1.01. The van der Waals surface area contributed by atoms with Crippen LogP contribution in [0.5, 0.6) is 5.75 Å². The van der Waals surface area contributed by atoms with Gasteiger partial charge in [0.25, 0.3) is 0 Å². The van der Waals surface area contributed by atoms with E-state index in [0.717, 1.165) is 106 Å². The Morgan fingerprint density at radius 3 is 2.37 bits per heavy atom. The van der Waals surface area contributed by atoms with E-state index in [0.29, 0.717) is 11.5 Å². The summed E-state index contributed by atoms with van der Waals surface area (Å²) in [5, 5.41) is 25.7. The number of aliphatic hydroxyl groups is 1. The van der Waals surface area contributed by atoms with Gasteiger partial charge in [0.1, 0.15) is 28.2 Å². The van der Waals surface area contributed by atoms with Gasteiger partial charge in [0.05, 0.1) is 10.3 Å². The second-order valence-corrected chi connectivity index (χ2v) is 19.4. The zero-order chi connectivity index (χ0) is 43.9. The SMILES string of the molecule is CC1(C)C(/C=C/C2=C(Oc3ccc(S(=O)(=O)[O-])cc3)C(=C/C=C3/N(CCCCSOO[O-])c4ccccc4C3(C)C)/CCC2)=[N+](CCCCCCO)c2ccc3ccccc3c21. The van der Waals surface area contributed by atoms with Crippen LogP contribution in [0.15, 0.2) is 137 Å². The molecule has 10 nitrogen and oxygen atoms in total. The first-order chi connectivity index (χ1) is 29.9. The third-order valence-corrected chi connectivity index (χ3v) is 13.9. The van der Waals surface area contributed by atoms with Crippen LogP contribution < -0.4 is 14.9 Å². The van der Waals surface area contributed by atoms with Crippen molar-refractivity contribution in [2.45, 2.75) is 101 Å². The summed E-state index contributed by atoms with van der Waals surface area (Å²) in [6.07, 6.45) is 16.9. The van der Waals surface area contributed by atoms with Gasteiger partial charge >= 0.3 is 0 Å². The average Bonchev–Trinajstić information content (AvgIpc) is 3.61. The molecule has 0 radical (unpaired) electrons. The number of anilines is 1. The van der Waals surface area contributed by atoms with Gasteiger partial charge in [0.2, 0.25) is 5.69 Å². The lowest BCUT2D eigenvalue weighted by atomic mass is 9.78. The molecule has 0 atom stereocenters. The number of hydrogen-bond acceptors (Lipinski definition) is 10. The quantitative estimate of drug-likeness (QED) is 0.0242. The van der Waals surface area contributed by atoms with E-state index in [2.05, 4.69) is 132 Å². The van der Waals surface area contributed by atoms with Crippen molar-refractivity contribution in [3.8, 4) is 5.75 Å². The van der Waals surface area contributed by atoms with E-state index in [1.807, 2.05) is 0 Å². The largest absolute Gasteiger partial charge is 0.744 e. The highest BCUT2D eigenvalue weighted by Gasteiger charge is 2.45. The van der Waals surface area contributed by atoms with Crippen LogP contribution in [-0.4, -0.2) is 53.8 Å². The summed E-state index contributed by atoms with van der Waals surface area (Å²) < 4.78 is 49.2. The Labute approximate surface area is 370 Å².